The molecular weight excluding hydrogens is 240 g/mol. The lowest BCUT2D eigenvalue weighted by molar-refractivity contribution is 0.829. The lowest BCUT2D eigenvalue weighted by Gasteiger charge is -2.11. The number of rotatable bonds is 3. The van der Waals surface area contributed by atoms with Crippen LogP contribution in [0.1, 0.15) is 43.5 Å². The molecule has 2 N–H and O–H groups in total. The van der Waals surface area contributed by atoms with Crippen molar-refractivity contribution in [1.82, 2.24) is 4.98 Å². The Hall–Kier alpha value is -1.48. The molecule has 2 rings (SSSR count). The molecular formula is C15H18N2S. The highest BCUT2D eigenvalue weighted by Gasteiger charge is 2.10. The average molecular weight is 258 g/mol. The largest absolute Gasteiger partial charge is 0.389 e. The van der Waals surface area contributed by atoms with Crippen molar-refractivity contribution < 1.29 is 0 Å². The second-order valence-corrected chi connectivity index (χ2v) is 5.26. The van der Waals surface area contributed by atoms with E-state index in [0.717, 1.165) is 28.6 Å². The molecule has 1 aromatic carbocycles. The first kappa shape index (κ1) is 13.0. The van der Waals surface area contributed by atoms with E-state index in [4.69, 9.17) is 18.0 Å². The van der Waals surface area contributed by atoms with Crippen molar-refractivity contribution in [2.24, 2.45) is 5.73 Å². The molecule has 0 atom stereocenters. The second kappa shape index (κ2) is 5.02. The molecule has 0 amide bonds. The van der Waals surface area contributed by atoms with Crippen LogP contribution < -0.4 is 5.73 Å². The smallest absolute Gasteiger partial charge is 0.104 e. The quantitative estimate of drug-likeness (QED) is 0.856. The summed E-state index contributed by atoms with van der Waals surface area (Å²) in [6.07, 6.45) is 0.999. The Morgan fingerprint density at radius 3 is 2.61 bits per heavy atom. The molecule has 0 unspecified atom stereocenters. The maximum absolute atomic E-state index is 5.84. The van der Waals surface area contributed by atoms with Gasteiger partial charge in [-0.2, -0.15) is 0 Å². The molecule has 0 aliphatic carbocycles. The molecule has 0 bridgehead atoms. The van der Waals surface area contributed by atoms with Gasteiger partial charge < -0.3 is 5.73 Å². The van der Waals surface area contributed by atoms with Gasteiger partial charge in [0.15, 0.2) is 0 Å². The van der Waals surface area contributed by atoms with Gasteiger partial charge in [0.2, 0.25) is 0 Å². The van der Waals surface area contributed by atoms with Gasteiger partial charge in [-0.15, -0.1) is 0 Å². The molecule has 3 heteroatoms. The monoisotopic (exact) mass is 258 g/mol. The van der Waals surface area contributed by atoms with Crippen molar-refractivity contribution in [3.8, 4) is 0 Å². The molecule has 0 radical (unpaired) electrons. The number of pyridine rings is 1. The van der Waals surface area contributed by atoms with Crippen LogP contribution in [0.2, 0.25) is 0 Å². The molecule has 18 heavy (non-hydrogen) atoms. The van der Waals surface area contributed by atoms with Crippen molar-refractivity contribution in [2.45, 2.75) is 33.1 Å². The summed E-state index contributed by atoms with van der Waals surface area (Å²) >= 11 is 5.17. The van der Waals surface area contributed by atoms with E-state index in [-0.39, 0.29) is 0 Å². The summed E-state index contributed by atoms with van der Waals surface area (Å²) in [4.78, 5) is 5.12. The summed E-state index contributed by atoms with van der Waals surface area (Å²) in [5.41, 5.74) is 10.1. The van der Waals surface area contributed by atoms with Gasteiger partial charge in [0.25, 0.3) is 0 Å². The van der Waals surface area contributed by atoms with E-state index in [2.05, 4.69) is 44.0 Å². The molecule has 1 aromatic heterocycles. The average Bonchev–Trinajstić information content (AvgIpc) is 2.36. The summed E-state index contributed by atoms with van der Waals surface area (Å²) < 4.78 is 0. The van der Waals surface area contributed by atoms with Crippen LogP contribution in [0.4, 0.5) is 0 Å². The number of aromatic nitrogens is 1. The zero-order chi connectivity index (χ0) is 13.3. The van der Waals surface area contributed by atoms with Crippen LogP contribution in [-0.4, -0.2) is 9.97 Å². The number of nitrogens with two attached hydrogens (primary N) is 1. The zero-order valence-electron chi connectivity index (χ0n) is 11.0. The fourth-order valence-electron chi connectivity index (χ4n) is 2.01. The number of thiocarbonyl (C=S) groups is 1. The Morgan fingerprint density at radius 1 is 1.33 bits per heavy atom. The highest BCUT2D eigenvalue weighted by atomic mass is 32.1. The van der Waals surface area contributed by atoms with Crippen molar-refractivity contribution >= 4 is 28.1 Å². The van der Waals surface area contributed by atoms with Gasteiger partial charge in [0.1, 0.15) is 4.99 Å². The number of aryl methyl sites for hydroxylation is 1. The van der Waals surface area contributed by atoms with Crippen LogP contribution in [-0.2, 0) is 6.42 Å². The van der Waals surface area contributed by atoms with Crippen molar-refractivity contribution in [2.75, 3.05) is 0 Å². The molecule has 0 aliphatic heterocycles. The minimum absolute atomic E-state index is 0.369. The summed E-state index contributed by atoms with van der Waals surface area (Å²) in [6.45, 7) is 6.38. The molecule has 0 saturated heterocycles. The number of benzene rings is 1. The molecule has 2 aromatic rings. The predicted octanol–water partition coefficient (Wildman–Crippen LogP) is 3.55. The standard InChI is InChI=1S/C15H18N2S/c1-4-10-5-6-13-11(7-10)12(15(16)18)8-14(17-13)9(2)3/h5-9H,4H2,1-3H3,(H2,16,18). The minimum atomic E-state index is 0.369. The van der Waals surface area contributed by atoms with Crippen LogP contribution >= 0.6 is 12.2 Å². The highest BCUT2D eigenvalue weighted by molar-refractivity contribution is 7.80. The first-order chi connectivity index (χ1) is 8.52. The SMILES string of the molecule is CCc1ccc2nc(C(C)C)cc(C(N)=S)c2c1. The summed E-state index contributed by atoms with van der Waals surface area (Å²) in [5.74, 6) is 0.369. The Morgan fingerprint density at radius 2 is 2.06 bits per heavy atom. The van der Waals surface area contributed by atoms with E-state index in [0.29, 0.717) is 10.9 Å². The second-order valence-electron chi connectivity index (χ2n) is 4.82. The fraction of sp³-hybridized carbons (Fsp3) is 0.333. The Balaban J connectivity index is 2.77. The number of nitrogens with zero attached hydrogens (tertiary/aromatic N) is 1. The zero-order valence-corrected chi connectivity index (χ0v) is 11.8. The van der Waals surface area contributed by atoms with E-state index in [9.17, 15) is 0 Å². The number of hydrogen-bond donors (Lipinski definition) is 1. The van der Waals surface area contributed by atoms with Crippen molar-refractivity contribution in [3.05, 3.63) is 41.1 Å². The maximum Gasteiger partial charge on any atom is 0.104 e. The van der Waals surface area contributed by atoms with Gasteiger partial charge in [0, 0.05) is 16.6 Å². The molecule has 1 heterocycles. The van der Waals surface area contributed by atoms with Gasteiger partial charge in [-0.25, -0.2) is 0 Å². The Kier molecular flexibility index (Phi) is 3.62. The molecule has 0 fully saturated rings. The normalized spacial score (nSPS) is 11.1. The van der Waals surface area contributed by atoms with Crippen LogP contribution in [0.5, 0.6) is 0 Å². The minimum Gasteiger partial charge on any atom is -0.389 e. The third-order valence-electron chi connectivity index (χ3n) is 3.16. The molecule has 2 nitrogen and oxygen atoms in total. The number of hydrogen-bond acceptors (Lipinski definition) is 2. The molecule has 0 aliphatic rings. The van der Waals surface area contributed by atoms with Gasteiger partial charge in [-0.1, -0.05) is 39.1 Å². The first-order valence-electron chi connectivity index (χ1n) is 6.26. The van der Waals surface area contributed by atoms with Crippen LogP contribution in [0.3, 0.4) is 0 Å². The van der Waals surface area contributed by atoms with E-state index >= 15 is 0 Å². The molecule has 0 saturated carbocycles. The summed E-state index contributed by atoms with van der Waals surface area (Å²) in [7, 11) is 0. The lowest BCUT2D eigenvalue weighted by atomic mass is 10.0. The third kappa shape index (κ3) is 2.36. The molecule has 0 spiro atoms. The van der Waals surface area contributed by atoms with Gasteiger partial charge in [-0.3, -0.25) is 4.98 Å². The van der Waals surface area contributed by atoms with Crippen molar-refractivity contribution in [1.29, 1.82) is 0 Å². The predicted molar refractivity (Wildman–Crippen MR) is 81.1 cm³/mol. The van der Waals surface area contributed by atoms with E-state index in [1.54, 1.807) is 0 Å². The first-order valence-corrected chi connectivity index (χ1v) is 6.67. The van der Waals surface area contributed by atoms with Gasteiger partial charge >= 0.3 is 0 Å². The maximum atomic E-state index is 5.84. The highest BCUT2D eigenvalue weighted by Crippen LogP contribution is 2.23. The molecule has 94 valence electrons. The van der Waals surface area contributed by atoms with Crippen LogP contribution in [0.15, 0.2) is 24.3 Å². The Bertz CT molecular complexity index is 603. The van der Waals surface area contributed by atoms with Crippen LogP contribution in [0, 0.1) is 0 Å². The summed E-state index contributed by atoms with van der Waals surface area (Å²) in [5, 5.41) is 1.06. The van der Waals surface area contributed by atoms with Gasteiger partial charge in [-0.05, 0) is 36.1 Å². The topological polar surface area (TPSA) is 38.9 Å². The van der Waals surface area contributed by atoms with E-state index < -0.39 is 0 Å². The fourth-order valence-corrected chi connectivity index (χ4v) is 2.18. The van der Waals surface area contributed by atoms with E-state index in [1.807, 2.05) is 6.07 Å². The number of fused-ring (bicyclic) bond motifs is 1. The van der Waals surface area contributed by atoms with Gasteiger partial charge in [0.05, 0.1) is 5.52 Å². The van der Waals surface area contributed by atoms with Crippen LogP contribution in [0.25, 0.3) is 10.9 Å². The van der Waals surface area contributed by atoms with Crippen molar-refractivity contribution in [3.63, 3.8) is 0 Å². The van der Waals surface area contributed by atoms with E-state index in [1.165, 1.54) is 5.56 Å². The third-order valence-corrected chi connectivity index (χ3v) is 3.38. The Labute approximate surface area is 113 Å². The summed E-state index contributed by atoms with van der Waals surface area (Å²) in [6, 6.07) is 8.33. The lowest BCUT2D eigenvalue weighted by Crippen LogP contribution is -2.12.